The van der Waals surface area contributed by atoms with Crippen molar-refractivity contribution in [3.8, 4) is 0 Å². The molecule has 0 saturated carbocycles. The summed E-state index contributed by atoms with van der Waals surface area (Å²) >= 11 is 0. The highest BCUT2D eigenvalue weighted by atomic mass is 16.6. The van der Waals surface area contributed by atoms with Gasteiger partial charge in [0, 0.05) is 5.39 Å². The number of aromatic nitrogens is 2. The summed E-state index contributed by atoms with van der Waals surface area (Å²) in [4.78, 5) is 11.2. The fraction of sp³-hybridized carbons (Fsp3) is 0. The van der Waals surface area contributed by atoms with Gasteiger partial charge in [0.1, 0.15) is 4.92 Å². The van der Waals surface area contributed by atoms with Gasteiger partial charge in [0.2, 0.25) is 0 Å². The summed E-state index contributed by atoms with van der Waals surface area (Å²) in [5, 5.41) is 19.7. The number of rotatable bonds is 3. The lowest BCUT2D eigenvalue weighted by Gasteiger charge is -1.87. The van der Waals surface area contributed by atoms with E-state index in [0.29, 0.717) is 5.76 Å². The largest absolute Gasteiger partial charge is 0.433 e. The van der Waals surface area contributed by atoms with E-state index in [0.717, 1.165) is 10.9 Å². The minimum absolute atomic E-state index is 0.297. The molecule has 0 aliphatic heterocycles. The molecule has 0 fully saturated rings. The minimum Gasteiger partial charge on any atom is -0.400 e. The predicted octanol–water partition coefficient (Wildman–Crippen LogP) is 2.42. The molecule has 19 heavy (non-hydrogen) atoms. The molecule has 0 aliphatic carbocycles. The first-order valence-corrected chi connectivity index (χ1v) is 5.45. The summed E-state index contributed by atoms with van der Waals surface area (Å²) in [6.45, 7) is 0. The van der Waals surface area contributed by atoms with Gasteiger partial charge in [0.25, 0.3) is 0 Å². The third-order valence-electron chi connectivity index (χ3n) is 2.50. The van der Waals surface area contributed by atoms with E-state index >= 15 is 0 Å². The van der Waals surface area contributed by atoms with Crippen LogP contribution in [0.15, 0.2) is 52.1 Å². The summed E-state index contributed by atoms with van der Waals surface area (Å²) in [5.74, 6) is -0.0154. The van der Waals surface area contributed by atoms with Crippen LogP contribution in [0.4, 0.5) is 5.88 Å². The number of nitro groups is 1. The Morgan fingerprint density at radius 3 is 2.89 bits per heavy atom. The molecule has 0 aliphatic rings. The van der Waals surface area contributed by atoms with Gasteiger partial charge in [0.15, 0.2) is 5.76 Å². The van der Waals surface area contributed by atoms with Crippen molar-refractivity contribution in [2.75, 3.05) is 0 Å². The summed E-state index contributed by atoms with van der Waals surface area (Å²) in [7, 11) is 0. The average Bonchev–Trinajstić information content (AvgIpc) is 3.02. The van der Waals surface area contributed by atoms with E-state index < -0.39 is 4.92 Å². The molecule has 0 radical (unpaired) electrons. The molecule has 1 aromatic carbocycles. The van der Waals surface area contributed by atoms with Crippen molar-refractivity contribution in [3.63, 3.8) is 0 Å². The molecular weight excluding hydrogens is 248 g/mol. The van der Waals surface area contributed by atoms with Crippen LogP contribution in [-0.2, 0) is 0 Å². The van der Waals surface area contributed by atoms with Crippen LogP contribution >= 0.6 is 0 Å². The van der Waals surface area contributed by atoms with E-state index in [1.165, 1.54) is 23.1 Å². The third kappa shape index (κ3) is 2.21. The molecule has 2 aromatic heterocycles. The van der Waals surface area contributed by atoms with Crippen LogP contribution in [0.1, 0.15) is 5.76 Å². The number of hydrogen-bond donors (Lipinski definition) is 0. The van der Waals surface area contributed by atoms with E-state index in [1.54, 1.807) is 6.20 Å². The molecule has 3 aromatic rings. The second-order valence-corrected chi connectivity index (χ2v) is 3.79. The Kier molecular flexibility index (Phi) is 2.57. The maximum atomic E-state index is 10.5. The zero-order chi connectivity index (χ0) is 13.2. The Hall–Kier alpha value is -2.96. The summed E-state index contributed by atoms with van der Waals surface area (Å²) < 4.78 is 4.95. The first-order chi connectivity index (χ1) is 9.22. The van der Waals surface area contributed by atoms with Crippen LogP contribution in [0.3, 0.4) is 0 Å². The van der Waals surface area contributed by atoms with Crippen molar-refractivity contribution in [3.05, 3.63) is 58.5 Å². The first-order valence-electron chi connectivity index (χ1n) is 5.45. The Labute approximate surface area is 106 Å². The molecule has 0 amide bonds. The Morgan fingerprint density at radius 1 is 1.32 bits per heavy atom. The standard InChI is InChI=1S/C12H8N4O3/c17-16(18)12-6-5-10(19-12)7-13-15-8-9-3-1-2-4-11(9)14-15/h1-8H/b13-7+. The molecule has 3 rings (SSSR count). The topological polar surface area (TPSA) is 86.5 Å². The number of fused-ring (bicyclic) bond motifs is 1. The Bertz CT molecular complexity index is 739. The lowest BCUT2D eigenvalue weighted by Crippen LogP contribution is -1.89. The SMILES string of the molecule is O=[N+]([O-])c1ccc(/C=N/n2cc3ccccc3n2)o1. The summed E-state index contributed by atoms with van der Waals surface area (Å²) in [6, 6.07) is 10.4. The van der Waals surface area contributed by atoms with Crippen molar-refractivity contribution in [1.29, 1.82) is 0 Å². The highest BCUT2D eigenvalue weighted by molar-refractivity contribution is 5.79. The third-order valence-corrected chi connectivity index (χ3v) is 2.50. The lowest BCUT2D eigenvalue weighted by atomic mass is 10.3. The summed E-state index contributed by atoms with van der Waals surface area (Å²) in [6.07, 6.45) is 3.13. The molecule has 0 unspecified atom stereocenters. The normalized spacial score (nSPS) is 11.4. The maximum absolute atomic E-state index is 10.5. The van der Waals surface area contributed by atoms with Crippen LogP contribution < -0.4 is 0 Å². The highest BCUT2D eigenvalue weighted by Gasteiger charge is 2.10. The monoisotopic (exact) mass is 256 g/mol. The zero-order valence-corrected chi connectivity index (χ0v) is 9.63. The number of nitrogens with zero attached hydrogens (tertiary/aromatic N) is 4. The zero-order valence-electron chi connectivity index (χ0n) is 9.63. The van der Waals surface area contributed by atoms with Gasteiger partial charge in [0.05, 0.1) is 24.0 Å². The fourth-order valence-electron chi connectivity index (χ4n) is 1.64. The van der Waals surface area contributed by atoms with Crippen molar-refractivity contribution >= 4 is 23.0 Å². The van der Waals surface area contributed by atoms with Gasteiger partial charge in [-0.05, 0) is 12.1 Å². The van der Waals surface area contributed by atoms with Gasteiger partial charge >= 0.3 is 5.88 Å². The van der Waals surface area contributed by atoms with Crippen molar-refractivity contribution in [1.82, 2.24) is 9.89 Å². The second-order valence-electron chi connectivity index (χ2n) is 3.79. The Balaban J connectivity index is 1.86. The van der Waals surface area contributed by atoms with Crippen molar-refractivity contribution in [2.24, 2.45) is 5.10 Å². The van der Waals surface area contributed by atoms with E-state index in [1.807, 2.05) is 24.3 Å². The summed E-state index contributed by atoms with van der Waals surface area (Å²) in [5.41, 5.74) is 0.824. The van der Waals surface area contributed by atoms with Crippen molar-refractivity contribution < 1.29 is 9.34 Å². The molecule has 0 N–H and O–H groups in total. The molecule has 0 bridgehead atoms. The molecule has 2 heterocycles. The lowest BCUT2D eigenvalue weighted by molar-refractivity contribution is -0.402. The van der Waals surface area contributed by atoms with Gasteiger partial charge in [-0.3, -0.25) is 10.1 Å². The first kappa shape index (κ1) is 11.1. The van der Waals surface area contributed by atoms with Crippen LogP contribution in [0, 0.1) is 10.1 Å². The van der Waals surface area contributed by atoms with E-state index in [-0.39, 0.29) is 5.88 Å². The van der Waals surface area contributed by atoms with Crippen LogP contribution in [-0.4, -0.2) is 21.0 Å². The van der Waals surface area contributed by atoms with E-state index in [9.17, 15) is 10.1 Å². The van der Waals surface area contributed by atoms with Crippen LogP contribution in [0.2, 0.25) is 0 Å². The van der Waals surface area contributed by atoms with Gasteiger partial charge < -0.3 is 4.42 Å². The van der Waals surface area contributed by atoms with Crippen LogP contribution in [0.5, 0.6) is 0 Å². The predicted molar refractivity (Wildman–Crippen MR) is 68.1 cm³/mol. The molecule has 0 atom stereocenters. The number of furan rings is 1. The molecule has 0 spiro atoms. The molecular formula is C12H8N4O3. The Morgan fingerprint density at radius 2 is 2.16 bits per heavy atom. The molecule has 7 nitrogen and oxygen atoms in total. The molecule has 7 heteroatoms. The molecule has 94 valence electrons. The van der Waals surface area contributed by atoms with E-state index in [4.69, 9.17) is 4.42 Å². The van der Waals surface area contributed by atoms with Gasteiger partial charge in [-0.15, -0.1) is 0 Å². The van der Waals surface area contributed by atoms with Gasteiger partial charge in [-0.2, -0.15) is 15.0 Å². The maximum Gasteiger partial charge on any atom is 0.433 e. The smallest absolute Gasteiger partial charge is 0.400 e. The fourth-order valence-corrected chi connectivity index (χ4v) is 1.64. The highest BCUT2D eigenvalue weighted by Crippen LogP contribution is 2.14. The van der Waals surface area contributed by atoms with Crippen molar-refractivity contribution in [2.45, 2.75) is 0 Å². The minimum atomic E-state index is -0.598. The average molecular weight is 256 g/mol. The van der Waals surface area contributed by atoms with E-state index in [2.05, 4.69) is 10.2 Å². The van der Waals surface area contributed by atoms with Gasteiger partial charge in [-0.25, -0.2) is 0 Å². The number of hydrogen-bond acceptors (Lipinski definition) is 5. The number of benzene rings is 1. The van der Waals surface area contributed by atoms with Crippen LogP contribution in [0.25, 0.3) is 10.9 Å². The molecule has 0 saturated heterocycles. The second kappa shape index (κ2) is 4.37. The van der Waals surface area contributed by atoms with Gasteiger partial charge in [-0.1, -0.05) is 18.2 Å². The quantitative estimate of drug-likeness (QED) is 0.409.